The number of hydrogen-bond acceptors (Lipinski definition) is 2. The van der Waals surface area contributed by atoms with Gasteiger partial charge in [0.15, 0.2) is 6.23 Å². The van der Waals surface area contributed by atoms with Gasteiger partial charge in [0, 0.05) is 11.1 Å². The van der Waals surface area contributed by atoms with Crippen LogP contribution in [0.1, 0.15) is 25.6 Å². The molecular weight excluding hydrogens is 234 g/mol. The Balaban J connectivity index is 2.11. The molecule has 0 bridgehead atoms. The van der Waals surface area contributed by atoms with Crippen molar-refractivity contribution >= 4 is 0 Å². The van der Waals surface area contributed by atoms with Crippen molar-refractivity contribution in [1.29, 1.82) is 0 Å². The summed E-state index contributed by atoms with van der Waals surface area (Å²) in [5.74, 6) is 0. The summed E-state index contributed by atoms with van der Waals surface area (Å²) in [4.78, 5) is 0. The summed E-state index contributed by atoms with van der Waals surface area (Å²) in [6, 6.07) is 10.1. The predicted molar refractivity (Wildman–Crippen MR) is 79.2 cm³/mol. The monoisotopic (exact) mass is 253 g/mol. The van der Waals surface area contributed by atoms with Crippen molar-refractivity contribution in [1.82, 2.24) is 5.32 Å². The average molecular weight is 253 g/mol. The van der Waals surface area contributed by atoms with Gasteiger partial charge in [0.25, 0.3) is 0 Å². The summed E-state index contributed by atoms with van der Waals surface area (Å²) < 4.78 is 5.66. The highest BCUT2D eigenvalue weighted by Crippen LogP contribution is 2.25. The molecule has 0 saturated carbocycles. The van der Waals surface area contributed by atoms with E-state index in [1.54, 1.807) is 6.26 Å². The van der Waals surface area contributed by atoms with Gasteiger partial charge in [-0.05, 0) is 13.8 Å². The lowest BCUT2D eigenvalue weighted by Gasteiger charge is -2.13. The molecule has 1 atom stereocenters. The van der Waals surface area contributed by atoms with Crippen molar-refractivity contribution in [3.8, 4) is 0 Å². The molecular formula is C17H19NO. The van der Waals surface area contributed by atoms with Gasteiger partial charge in [0.2, 0.25) is 0 Å². The first-order valence-corrected chi connectivity index (χ1v) is 6.36. The highest BCUT2D eigenvalue weighted by atomic mass is 16.5. The van der Waals surface area contributed by atoms with Gasteiger partial charge in [-0.3, -0.25) is 0 Å². The van der Waals surface area contributed by atoms with E-state index in [9.17, 15) is 0 Å². The fraction of sp³-hybridized carbons (Fsp3) is 0.176. The summed E-state index contributed by atoms with van der Waals surface area (Å²) >= 11 is 0. The number of hydrogen-bond donors (Lipinski definition) is 1. The van der Waals surface area contributed by atoms with Crippen molar-refractivity contribution < 1.29 is 4.74 Å². The highest BCUT2D eigenvalue weighted by Gasteiger charge is 2.19. The summed E-state index contributed by atoms with van der Waals surface area (Å²) in [5.41, 5.74) is 4.35. The fourth-order valence-corrected chi connectivity index (χ4v) is 1.81. The van der Waals surface area contributed by atoms with Crippen LogP contribution < -0.4 is 5.32 Å². The molecule has 0 aromatic heterocycles. The molecule has 2 rings (SSSR count). The van der Waals surface area contributed by atoms with Crippen LogP contribution in [-0.4, -0.2) is 0 Å². The van der Waals surface area contributed by atoms with E-state index in [4.69, 9.17) is 4.74 Å². The maximum absolute atomic E-state index is 5.66. The molecule has 0 spiro atoms. The van der Waals surface area contributed by atoms with Crippen LogP contribution in [0.4, 0.5) is 0 Å². The number of benzene rings is 1. The van der Waals surface area contributed by atoms with E-state index in [2.05, 4.69) is 31.8 Å². The molecule has 1 unspecified atom stereocenters. The molecule has 1 aromatic rings. The normalized spacial score (nSPS) is 18.1. The minimum absolute atomic E-state index is 0.119. The zero-order chi connectivity index (χ0) is 13.7. The smallest absolute Gasteiger partial charge is 0.195 e. The first kappa shape index (κ1) is 13.2. The van der Waals surface area contributed by atoms with E-state index in [1.807, 2.05) is 42.5 Å². The molecule has 1 heterocycles. The summed E-state index contributed by atoms with van der Waals surface area (Å²) in [5, 5.41) is 3.35. The SMILES string of the molecule is C=C/C(=C\C=C(C)C)C1=COC(c2ccccc2)N1. The molecule has 2 nitrogen and oxygen atoms in total. The molecule has 1 aromatic carbocycles. The molecule has 1 N–H and O–H groups in total. The van der Waals surface area contributed by atoms with Crippen molar-refractivity contribution in [2.24, 2.45) is 0 Å². The summed E-state index contributed by atoms with van der Waals surface area (Å²) in [7, 11) is 0. The molecule has 0 aliphatic carbocycles. The molecule has 1 aliphatic rings. The van der Waals surface area contributed by atoms with Gasteiger partial charge in [0.05, 0.1) is 5.70 Å². The third-order valence-electron chi connectivity index (χ3n) is 2.84. The molecule has 0 amide bonds. The molecule has 0 saturated heterocycles. The Bertz CT molecular complexity index is 534. The Hall–Kier alpha value is -2.22. The second kappa shape index (κ2) is 6.10. The maximum Gasteiger partial charge on any atom is 0.195 e. The van der Waals surface area contributed by atoms with Crippen LogP contribution in [0.25, 0.3) is 0 Å². The topological polar surface area (TPSA) is 21.3 Å². The number of ether oxygens (including phenoxy) is 1. The molecule has 19 heavy (non-hydrogen) atoms. The molecule has 0 radical (unpaired) electrons. The van der Waals surface area contributed by atoms with Crippen LogP contribution in [0.5, 0.6) is 0 Å². The lowest BCUT2D eigenvalue weighted by molar-refractivity contribution is 0.154. The summed E-state index contributed by atoms with van der Waals surface area (Å²) in [6.07, 6.45) is 7.57. The quantitative estimate of drug-likeness (QED) is 0.811. The number of allylic oxidation sites excluding steroid dienone is 4. The summed E-state index contributed by atoms with van der Waals surface area (Å²) in [6.45, 7) is 7.98. The van der Waals surface area contributed by atoms with Crippen LogP contribution in [-0.2, 0) is 4.74 Å². The van der Waals surface area contributed by atoms with E-state index in [1.165, 1.54) is 5.57 Å². The van der Waals surface area contributed by atoms with Gasteiger partial charge in [-0.25, -0.2) is 0 Å². The molecule has 0 fully saturated rings. The number of nitrogens with one attached hydrogen (secondary N) is 1. The predicted octanol–water partition coefficient (Wildman–Crippen LogP) is 4.23. The Kier molecular flexibility index (Phi) is 4.24. The maximum atomic E-state index is 5.66. The van der Waals surface area contributed by atoms with Gasteiger partial charge >= 0.3 is 0 Å². The van der Waals surface area contributed by atoms with Crippen LogP contribution in [0.2, 0.25) is 0 Å². The largest absolute Gasteiger partial charge is 0.472 e. The van der Waals surface area contributed by atoms with Crippen LogP contribution in [0.15, 0.2) is 78.2 Å². The Morgan fingerprint density at radius 1 is 1.21 bits per heavy atom. The van der Waals surface area contributed by atoms with E-state index in [0.29, 0.717) is 0 Å². The Morgan fingerprint density at radius 2 is 1.95 bits per heavy atom. The van der Waals surface area contributed by atoms with Gasteiger partial charge in [-0.2, -0.15) is 0 Å². The van der Waals surface area contributed by atoms with Crippen molar-refractivity contribution in [2.45, 2.75) is 20.1 Å². The number of rotatable bonds is 4. The zero-order valence-electron chi connectivity index (χ0n) is 11.4. The standard InChI is InChI=1S/C17H19NO/c1-4-14(11-10-13(2)3)16-12-19-17(18-16)15-8-6-5-7-9-15/h4-12,17-18H,1H2,2-3H3/b14-11+. The van der Waals surface area contributed by atoms with Crippen molar-refractivity contribution in [2.75, 3.05) is 0 Å². The second-order valence-electron chi connectivity index (χ2n) is 4.67. The zero-order valence-corrected chi connectivity index (χ0v) is 11.4. The minimum Gasteiger partial charge on any atom is -0.472 e. The minimum atomic E-state index is -0.119. The first-order valence-electron chi connectivity index (χ1n) is 6.36. The van der Waals surface area contributed by atoms with Gasteiger partial charge in [0.1, 0.15) is 6.26 Å². The van der Waals surface area contributed by atoms with Crippen LogP contribution in [0, 0.1) is 0 Å². The molecule has 2 heteroatoms. The Morgan fingerprint density at radius 3 is 2.58 bits per heavy atom. The Labute approximate surface area is 114 Å². The lowest BCUT2D eigenvalue weighted by atomic mass is 10.1. The lowest BCUT2D eigenvalue weighted by Crippen LogP contribution is -2.16. The van der Waals surface area contributed by atoms with Crippen LogP contribution >= 0.6 is 0 Å². The molecule has 98 valence electrons. The van der Waals surface area contributed by atoms with Crippen LogP contribution in [0.3, 0.4) is 0 Å². The van der Waals surface area contributed by atoms with Gasteiger partial charge in [-0.15, -0.1) is 0 Å². The van der Waals surface area contributed by atoms with E-state index < -0.39 is 0 Å². The average Bonchev–Trinajstić information content (AvgIpc) is 2.90. The van der Waals surface area contributed by atoms with Gasteiger partial charge < -0.3 is 10.1 Å². The first-order chi connectivity index (χ1) is 9.20. The van der Waals surface area contributed by atoms with E-state index in [0.717, 1.165) is 16.8 Å². The highest BCUT2D eigenvalue weighted by molar-refractivity contribution is 5.41. The van der Waals surface area contributed by atoms with E-state index in [-0.39, 0.29) is 6.23 Å². The second-order valence-corrected chi connectivity index (χ2v) is 4.67. The van der Waals surface area contributed by atoms with E-state index >= 15 is 0 Å². The van der Waals surface area contributed by atoms with Crippen molar-refractivity contribution in [3.63, 3.8) is 0 Å². The third kappa shape index (κ3) is 3.38. The fourth-order valence-electron chi connectivity index (χ4n) is 1.81. The van der Waals surface area contributed by atoms with Gasteiger partial charge in [-0.1, -0.05) is 60.7 Å². The molecule has 1 aliphatic heterocycles. The van der Waals surface area contributed by atoms with Crippen molar-refractivity contribution in [3.05, 3.63) is 83.8 Å². The third-order valence-corrected chi connectivity index (χ3v) is 2.84.